The summed E-state index contributed by atoms with van der Waals surface area (Å²) in [6, 6.07) is 12.4. The van der Waals surface area contributed by atoms with Crippen molar-refractivity contribution in [2.45, 2.75) is 9.79 Å². The first-order valence-corrected chi connectivity index (χ1v) is 12.6. The Morgan fingerprint density at radius 1 is 0.886 bits per heavy atom. The standard InChI is InChI=1S/C18H17N3O9S3.2Na/c19-17-7-8-18(15-6-5-14(11-16(15)17)33(25,26)27)21-20-12-1-3-13(4-2-12)32(23,24)10-9-28-31-30-29-22;;/h1-8,11,22H,9-10,19H2,(H,25,26,27);;/q;2*+1/p-2. The van der Waals surface area contributed by atoms with Crippen LogP contribution in [-0.4, -0.2) is 33.7 Å². The number of nitrogens with zero attached hydrogens (tertiary/aromatic N) is 2. The summed E-state index contributed by atoms with van der Waals surface area (Å²) >= 11 is 0.220. The second-order valence-corrected chi connectivity index (χ2v) is 10.4. The largest absolute Gasteiger partial charge is 1.00 e. The smallest absolute Gasteiger partial charge is 0.744 e. The summed E-state index contributed by atoms with van der Waals surface area (Å²) in [5.41, 5.74) is 6.88. The molecule has 0 fully saturated rings. The predicted octanol–water partition coefficient (Wildman–Crippen LogP) is -3.67. The maximum absolute atomic E-state index is 12.3. The van der Waals surface area contributed by atoms with Crippen molar-refractivity contribution in [2.24, 2.45) is 10.2 Å². The van der Waals surface area contributed by atoms with Gasteiger partial charge in [-0.1, -0.05) is 6.07 Å². The Morgan fingerprint density at radius 2 is 1.54 bits per heavy atom. The Bertz CT molecular complexity index is 1390. The second kappa shape index (κ2) is 14.3. The van der Waals surface area contributed by atoms with Crippen LogP contribution in [0.3, 0.4) is 0 Å². The van der Waals surface area contributed by atoms with Gasteiger partial charge in [-0.05, 0) is 48.5 Å². The van der Waals surface area contributed by atoms with Crippen LogP contribution in [0.4, 0.5) is 17.1 Å². The van der Waals surface area contributed by atoms with E-state index in [1.807, 2.05) is 0 Å². The molecule has 0 radical (unpaired) electrons. The van der Waals surface area contributed by atoms with E-state index >= 15 is 0 Å². The van der Waals surface area contributed by atoms with Crippen molar-refractivity contribution in [1.29, 1.82) is 0 Å². The van der Waals surface area contributed by atoms with Gasteiger partial charge in [0, 0.05) is 16.5 Å². The van der Waals surface area contributed by atoms with Crippen molar-refractivity contribution in [3.63, 3.8) is 0 Å². The Balaban J connectivity index is 0.00000306. The minimum atomic E-state index is -4.65. The Morgan fingerprint density at radius 3 is 2.17 bits per heavy atom. The number of fused-ring (bicyclic) bond motifs is 1. The molecule has 35 heavy (non-hydrogen) atoms. The maximum atomic E-state index is 12.3. The zero-order valence-corrected chi connectivity index (χ0v) is 24.9. The monoisotopic (exact) mass is 559 g/mol. The average molecular weight is 560 g/mol. The SMILES string of the molecule is Nc1ccc(N=Nc2ccc(S(=O)(=O)CCOSOO[O-])cc2)c2ccc(S(=O)(=O)[O-])cc12.[Na+].[Na+]. The number of benzene rings is 3. The summed E-state index contributed by atoms with van der Waals surface area (Å²) in [6.45, 7) is -0.239. The topological polar surface area (TPSA) is 193 Å². The van der Waals surface area contributed by atoms with Crippen LogP contribution < -0.4 is 70.1 Å². The number of anilines is 1. The van der Waals surface area contributed by atoms with E-state index < -0.39 is 24.9 Å². The molecule has 0 aliphatic rings. The number of rotatable bonds is 10. The van der Waals surface area contributed by atoms with Gasteiger partial charge in [-0.2, -0.15) is 5.11 Å². The van der Waals surface area contributed by atoms with Gasteiger partial charge in [-0.25, -0.2) is 16.8 Å². The first kappa shape index (κ1) is 32.4. The summed E-state index contributed by atoms with van der Waals surface area (Å²) in [5, 5.41) is 21.7. The molecule has 12 nitrogen and oxygen atoms in total. The molecular weight excluding hydrogens is 544 g/mol. The van der Waals surface area contributed by atoms with Crippen molar-refractivity contribution in [3.8, 4) is 0 Å². The quantitative estimate of drug-likeness (QED) is 0.0376. The van der Waals surface area contributed by atoms with Crippen molar-refractivity contribution in [1.82, 2.24) is 0 Å². The zero-order valence-electron chi connectivity index (χ0n) is 18.5. The van der Waals surface area contributed by atoms with Crippen LogP contribution in [0.1, 0.15) is 0 Å². The molecule has 17 heteroatoms. The van der Waals surface area contributed by atoms with Crippen molar-refractivity contribution < 1.29 is 99.3 Å². The third kappa shape index (κ3) is 9.01. The number of azo groups is 1. The van der Waals surface area contributed by atoms with Crippen LogP contribution in [0.15, 0.2) is 74.6 Å². The van der Waals surface area contributed by atoms with E-state index in [1.54, 1.807) is 6.07 Å². The fraction of sp³-hybridized carbons (Fsp3) is 0.111. The molecule has 3 aromatic carbocycles. The van der Waals surface area contributed by atoms with Gasteiger partial charge >= 0.3 is 59.1 Å². The van der Waals surface area contributed by atoms with Gasteiger partial charge in [0.2, 0.25) is 0 Å². The molecule has 3 aromatic rings. The number of hydrogen-bond donors (Lipinski definition) is 1. The molecule has 0 bridgehead atoms. The summed E-state index contributed by atoms with van der Waals surface area (Å²) in [7, 11) is -8.30. The van der Waals surface area contributed by atoms with E-state index in [1.165, 1.54) is 42.5 Å². The molecule has 0 aliphatic carbocycles. The molecule has 0 aliphatic heterocycles. The van der Waals surface area contributed by atoms with Gasteiger partial charge in [0.25, 0.3) is 0 Å². The molecule has 2 N–H and O–H groups in total. The van der Waals surface area contributed by atoms with E-state index in [2.05, 4.69) is 19.6 Å². The van der Waals surface area contributed by atoms with Crippen LogP contribution >= 0.6 is 12.3 Å². The Labute approximate surface area is 249 Å². The number of nitrogen functional groups attached to an aromatic ring is 1. The van der Waals surface area contributed by atoms with Gasteiger partial charge < -0.3 is 15.5 Å². The Kier molecular flexibility index (Phi) is 13.3. The van der Waals surface area contributed by atoms with Crippen LogP contribution in [-0.2, 0) is 33.5 Å². The maximum Gasteiger partial charge on any atom is 1.00 e. The number of nitrogens with two attached hydrogens (primary N) is 1. The first-order chi connectivity index (χ1) is 15.6. The molecule has 0 saturated heterocycles. The summed E-state index contributed by atoms with van der Waals surface area (Å²) < 4.78 is 66.9. The molecule has 0 spiro atoms. The first-order valence-electron chi connectivity index (χ1n) is 8.89. The molecule has 0 atom stereocenters. The third-order valence-corrected chi connectivity index (χ3v) is 7.20. The number of hydrogen-bond acceptors (Lipinski definition) is 13. The van der Waals surface area contributed by atoms with E-state index in [-0.39, 0.29) is 94.4 Å². The van der Waals surface area contributed by atoms with Gasteiger partial charge in [0.1, 0.15) is 10.1 Å². The van der Waals surface area contributed by atoms with Gasteiger partial charge in [-0.3, -0.25) is 9.22 Å². The molecule has 0 aromatic heterocycles. The van der Waals surface area contributed by atoms with Gasteiger partial charge in [0.15, 0.2) is 22.2 Å². The fourth-order valence-corrected chi connectivity index (χ4v) is 4.64. The van der Waals surface area contributed by atoms with Crippen molar-refractivity contribution in [2.75, 3.05) is 18.1 Å². The van der Waals surface area contributed by atoms with Crippen LogP contribution in [0.5, 0.6) is 0 Å². The molecule has 0 unspecified atom stereocenters. The van der Waals surface area contributed by atoms with Crippen molar-refractivity contribution >= 4 is 60.1 Å². The van der Waals surface area contributed by atoms with E-state index in [9.17, 15) is 26.6 Å². The van der Waals surface area contributed by atoms with Crippen LogP contribution in [0.25, 0.3) is 10.8 Å². The molecule has 176 valence electrons. The third-order valence-electron chi connectivity index (χ3n) is 4.30. The van der Waals surface area contributed by atoms with Gasteiger partial charge in [0.05, 0.1) is 33.5 Å². The number of sulfone groups is 1. The van der Waals surface area contributed by atoms with Crippen LogP contribution in [0, 0.1) is 0 Å². The fourth-order valence-electron chi connectivity index (χ4n) is 2.73. The summed E-state index contributed by atoms with van der Waals surface area (Å²) in [4.78, 5) is -0.386. The molecule has 0 heterocycles. The van der Waals surface area contributed by atoms with Crippen LogP contribution in [0.2, 0.25) is 0 Å². The second-order valence-electron chi connectivity index (χ2n) is 6.37. The van der Waals surface area contributed by atoms with E-state index in [0.717, 1.165) is 6.07 Å². The molecular formula is C18H15N3Na2O9S3. The molecule has 0 amide bonds. The Hall–Kier alpha value is -0.630. The molecule has 3 rings (SSSR count). The molecule has 0 saturated carbocycles. The van der Waals surface area contributed by atoms with E-state index in [0.29, 0.717) is 22.1 Å². The average Bonchev–Trinajstić information content (AvgIpc) is 2.78. The predicted molar refractivity (Wildman–Crippen MR) is 115 cm³/mol. The van der Waals surface area contributed by atoms with E-state index in [4.69, 9.17) is 9.92 Å². The minimum Gasteiger partial charge on any atom is -0.744 e. The van der Waals surface area contributed by atoms with Crippen molar-refractivity contribution in [3.05, 3.63) is 54.6 Å². The summed E-state index contributed by atoms with van der Waals surface area (Å²) in [6.07, 6.45) is 0. The van der Waals surface area contributed by atoms with Gasteiger partial charge in [-0.15, -0.1) is 9.45 Å². The normalized spacial score (nSPS) is 11.8. The summed E-state index contributed by atoms with van der Waals surface area (Å²) in [5.74, 6) is -0.360. The minimum absolute atomic E-state index is 0. The zero-order chi connectivity index (χ0) is 24.1.